The third kappa shape index (κ3) is 3.44. The summed E-state index contributed by atoms with van der Waals surface area (Å²) in [6, 6.07) is 5.87. The molecule has 0 spiro atoms. The Morgan fingerprint density at radius 1 is 1.21 bits per heavy atom. The molecule has 0 amide bonds. The molecule has 0 bridgehead atoms. The number of hydrogen-bond donors (Lipinski definition) is 0. The molecule has 0 unspecified atom stereocenters. The van der Waals surface area contributed by atoms with Crippen LogP contribution in [-0.4, -0.2) is 6.61 Å². The molecule has 1 rings (SSSR count). The van der Waals surface area contributed by atoms with Crippen molar-refractivity contribution in [2.24, 2.45) is 0 Å². The molecular formula is C16H18N2O. The molecule has 0 aliphatic heterocycles. The van der Waals surface area contributed by atoms with Crippen molar-refractivity contribution in [2.45, 2.75) is 34.3 Å². The molecular weight excluding hydrogens is 236 g/mol. The molecule has 19 heavy (non-hydrogen) atoms. The van der Waals surface area contributed by atoms with Crippen LogP contribution in [0.3, 0.4) is 0 Å². The summed E-state index contributed by atoms with van der Waals surface area (Å²) >= 11 is 0. The van der Waals surface area contributed by atoms with Crippen LogP contribution in [0.25, 0.3) is 6.08 Å². The van der Waals surface area contributed by atoms with Gasteiger partial charge in [-0.25, -0.2) is 0 Å². The van der Waals surface area contributed by atoms with Crippen LogP contribution in [0.15, 0.2) is 11.6 Å². The molecule has 0 heterocycles. The number of nitriles is 2. The molecule has 0 aromatic heterocycles. The number of ether oxygens (including phenoxy) is 1. The average molecular weight is 254 g/mol. The predicted molar refractivity (Wildman–Crippen MR) is 75.2 cm³/mol. The smallest absolute Gasteiger partial charge is 0.130 e. The maximum Gasteiger partial charge on any atom is 0.130 e. The summed E-state index contributed by atoms with van der Waals surface area (Å²) in [6.07, 6.45) is 1.65. The van der Waals surface area contributed by atoms with Gasteiger partial charge in [0.15, 0.2) is 0 Å². The Labute approximate surface area is 114 Å². The van der Waals surface area contributed by atoms with Crippen molar-refractivity contribution in [1.82, 2.24) is 0 Å². The van der Waals surface area contributed by atoms with Crippen LogP contribution in [0.1, 0.15) is 34.7 Å². The lowest BCUT2D eigenvalue weighted by atomic mass is 9.92. The minimum absolute atomic E-state index is 0.123. The first-order chi connectivity index (χ1) is 9.04. The average Bonchev–Trinajstić information content (AvgIpc) is 2.38. The highest BCUT2D eigenvalue weighted by Crippen LogP contribution is 2.25. The normalized spacial score (nSPS) is 9.58. The monoisotopic (exact) mass is 254 g/mol. The molecule has 0 aliphatic rings. The Morgan fingerprint density at radius 2 is 1.84 bits per heavy atom. The lowest BCUT2D eigenvalue weighted by Gasteiger charge is -2.15. The van der Waals surface area contributed by atoms with Gasteiger partial charge in [-0.05, 0) is 61.6 Å². The van der Waals surface area contributed by atoms with Crippen LogP contribution in [0.5, 0.6) is 0 Å². The molecule has 0 radical (unpaired) electrons. The quantitative estimate of drug-likeness (QED) is 0.772. The molecule has 0 aliphatic carbocycles. The third-order valence-electron chi connectivity index (χ3n) is 3.17. The highest BCUT2D eigenvalue weighted by Gasteiger charge is 2.10. The van der Waals surface area contributed by atoms with E-state index in [1.165, 1.54) is 5.56 Å². The van der Waals surface area contributed by atoms with Crippen LogP contribution >= 0.6 is 0 Å². The molecule has 0 atom stereocenters. The standard InChI is InChI=1S/C16H18N2O/c1-5-19-10-16-12(3)6-11(2)15(13(16)4)7-14(8-17)9-18/h6-7H,5,10H2,1-4H3. The molecule has 1 aromatic carbocycles. The maximum absolute atomic E-state index is 8.87. The molecule has 0 saturated heterocycles. The van der Waals surface area contributed by atoms with Crippen LogP contribution in [0.2, 0.25) is 0 Å². The Bertz CT molecular complexity index is 570. The van der Waals surface area contributed by atoms with Crippen molar-refractivity contribution >= 4 is 6.08 Å². The van der Waals surface area contributed by atoms with Crippen LogP contribution in [0, 0.1) is 43.4 Å². The first kappa shape index (κ1) is 15.0. The van der Waals surface area contributed by atoms with Gasteiger partial charge in [-0.2, -0.15) is 10.5 Å². The minimum Gasteiger partial charge on any atom is -0.377 e. The number of hydrogen-bond acceptors (Lipinski definition) is 3. The molecule has 3 heteroatoms. The van der Waals surface area contributed by atoms with Gasteiger partial charge in [0.25, 0.3) is 0 Å². The summed E-state index contributed by atoms with van der Waals surface area (Å²) in [4.78, 5) is 0. The van der Waals surface area contributed by atoms with E-state index in [-0.39, 0.29) is 5.57 Å². The van der Waals surface area contributed by atoms with Gasteiger partial charge in [0.2, 0.25) is 0 Å². The Morgan fingerprint density at radius 3 is 2.37 bits per heavy atom. The van der Waals surface area contributed by atoms with Gasteiger partial charge in [-0.1, -0.05) is 6.07 Å². The van der Waals surface area contributed by atoms with Gasteiger partial charge < -0.3 is 4.74 Å². The van der Waals surface area contributed by atoms with E-state index in [1.54, 1.807) is 6.08 Å². The number of allylic oxidation sites excluding steroid dienone is 1. The van der Waals surface area contributed by atoms with Gasteiger partial charge in [-0.3, -0.25) is 0 Å². The molecule has 0 saturated carbocycles. The van der Waals surface area contributed by atoms with E-state index in [4.69, 9.17) is 15.3 Å². The van der Waals surface area contributed by atoms with Gasteiger partial charge in [0.1, 0.15) is 17.7 Å². The fraction of sp³-hybridized carbons (Fsp3) is 0.375. The number of nitrogens with zero attached hydrogens (tertiary/aromatic N) is 2. The van der Waals surface area contributed by atoms with Crippen molar-refractivity contribution in [2.75, 3.05) is 6.61 Å². The van der Waals surface area contributed by atoms with Crippen molar-refractivity contribution in [1.29, 1.82) is 10.5 Å². The number of rotatable bonds is 4. The van der Waals surface area contributed by atoms with Gasteiger partial charge in [0.05, 0.1) is 6.61 Å². The molecule has 98 valence electrons. The summed E-state index contributed by atoms with van der Waals surface area (Å²) in [5.41, 5.74) is 5.52. The lowest BCUT2D eigenvalue weighted by Crippen LogP contribution is -2.02. The first-order valence-electron chi connectivity index (χ1n) is 6.24. The molecule has 1 aromatic rings. The molecule has 0 fully saturated rings. The lowest BCUT2D eigenvalue weighted by molar-refractivity contribution is 0.133. The van der Waals surface area contributed by atoms with Gasteiger partial charge >= 0.3 is 0 Å². The zero-order chi connectivity index (χ0) is 14.4. The highest BCUT2D eigenvalue weighted by atomic mass is 16.5. The van der Waals surface area contributed by atoms with Crippen LogP contribution in [0.4, 0.5) is 0 Å². The number of aryl methyl sites for hydroxylation is 2. The molecule has 3 nitrogen and oxygen atoms in total. The van der Waals surface area contributed by atoms with Gasteiger partial charge in [0, 0.05) is 6.61 Å². The summed E-state index contributed by atoms with van der Waals surface area (Å²) in [7, 11) is 0. The van der Waals surface area contributed by atoms with Crippen LogP contribution in [-0.2, 0) is 11.3 Å². The van der Waals surface area contributed by atoms with Gasteiger partial charge in [-0.15, -0.1) is 0 Å². The summed E-state index contributed by atoms with van der Waals surface area (Å²) in [5, 5.41) is 17.7. The van der Waals surface area contributed by atoms with Crippen molar-refractivity contribution in [3.63, 3.8) is 0 Å². The second-order valence-corrected chi connectivity index (χ2v) is 4.45. The largest absolute Gasteiger partial charge is 0.377 e. The zero-order valence-electron chi connectivity index (χ0n) is 11.9. The van der Waals surface area contributed by atoms with Crippen molar-refractivity contribution < 1.29 is 4.74 Å². The van der Waals surface area contributed by atoms with E-state index in [0.717, 1.165) is 22.3 Å². The SMILES string of the molecule is CCOCc1c(C)cc(C)c(C=C(C#N)C#N)c1C. The van der Waals surface area contributed by atoms with Crippen molar-refractivity contribution in [3.05, 3.63) is 39.5 Å². The summed E-state index contributed by atoms with van der Waals surface area (Å²) in [5.74, 6) is 0. The van der Waals surface area contributed by atoms with E-state index < -0.39 is 0 Å². The fourth-order valence-electron chi connectivity index (χ4n) is 2.13. The highest BCUT2D eigenvalue weighted by molar-refractivity contribution is 5.68. The topological polar surface area (TPSA) is 56.8 Å². The van der Waals surface area contributed by atoms with E-state index in [1.807, 2.05) is 32.9 Å². The number of benzene rings is 1. The summed E-state index contributed by atoms with van der Waals surface area (Å²) in [6.45, 7) is 9.24. The summed E-state index contributed by atoms with van der Waals surface area (Å²) < 4.78 is 5.48. The predicted octanol–water partition coefficient (Wildman–Crippen LogP) is 3.58. The second-order valence-electron chi connectivity index (χ2n) is 4.45. The Balaban J connectivity index is 3.38. The van der Waals surface area contributed by atoms with E-state index in [0.29, 0.717) is 13.2 Å². The first-order valence-corrected chi connectivity index (χ1v) is 6.24. The maximum atomic E-state index is 8.87. The fourth-order valence-corrected chi connectivity index (χ4v) is 2.13. The molecule has 0 N–H and O–H groups in total. The third-order valence-corrected chi connectivity index (χ3v) is 3.17. The van der Waals surface area contributed by atoms with Crippen LogP contribution < -0.4 is 0 Å². The van der Waals surface area contributed by atoms with E-state index >= 15 is 0 Å². The minimum atomic E-state index is 0.123. The Hall–Kier alpha value is -2.10. The van der Waals surface area contributed by atoms with E-state index in [9.17, 15) is 0 Å². The second kappa shape index (κ2) is 6.73. The Kier molecular flexibility index (Phi) is 5.30. The zero-order valence-corrected chi connectivity index (χ0v) is 11.9. The van der Waals surface area contributed by atoms with Crippen molar-refractivity contribution in [3.8, 4) is 12.1 Å². The van der Waals surface area contributed by atoms with E-state index in [2.05, 4.69) is 13.0 Å².